The number of furan rings is 1. The van der Waals surface area contributed by atoms with Gasteiger partial charge >= 0.3 is 0 Å². The van der Waals surface area contributed by atoms with Gasteiger partial charge in [-0.05, 0) is 31.0 Å². The van der Waals surface area contributed by atoms with Crippen LogP contribution in [0.3, 0.4) is 0 Å². The number of carbonyl (C=O) groups excluding carboxylic acids is 1. The van der Waals surface area contributed by atoms with E-state index >= 15 is 0 Å². The van der Waals surface area contributed by atoms with Gasteiger partial charge in [0.25, 0.3) is 11.9 Å². The number of hydrogen-bond donors (Lipinski definition) is 1. The predicted molar refractivity (Wildman–Crippen MR) is 85.7 cm³/mol. The summed E-state index contributed by atoms with van der Waals surface area (Å²) in [5.74, 6) is 1.39. The highest BCUT2D eigenvalue weighted by Gasteiger charge is 2.26. The molecule has 0 unspecified atom stereocenters. The summed E-state index contributed by atoms with van der Waals surface area (Å²) in [4.78, 5) is 12.3. The standard InChI is InChI=1S/C18H21NO4/c1-2-15(13-10-11-21-12-13)19-18(20)16-8-9-17(23-16)22-14-6-4-3-5-7-14/h3-9,13,15H,2,10-12H2,1H3,(H,19,20)/t13-,15-/m0/s1. The zero-order valence-electron chi connectivity index (χ0n) is 13.2. The first-order chi connectivity index (χ1) is 11.3. The molecule has 0 spiro atoms. The lowest BCUT2D eigenvalue weighted by Gasteiger charge is -2.21. The third-order valence-corrected chi connectivity index (χ3v) is 4.06. The molecule has 0 aliphatic carbocycles. The predicted octanol–water partition coefficient (Wildman–Crippen LogP) is 3.62. The van der Waals surface area contributed by atoms with Crippen molar-refractivity contribution in [3.05, 3.63) is 48.2 Å². The number of ether oxygens (including phenoxy) is 2. The van der Waals surface area contributed by atoms with E-state index in [0.29, 0.717) is 24.2 Å². The number of para-hydroxylation sites is 1. The zero-order valence-corrected chi connectivity index (χ0v) is 13.2. The van der Waals surface area contributed by atoms with Gasteiger partial charge in [-0.3, -0.25) is 4.79 Å². The molecule has 5 heteroatoms. The van der Waals surface area contributed by atoms with E-state index in [-0.39, 0.29) is 17.7 Å². The topological polar surface area (TPSA) is 60.7 Å². The molecule has 23 heavy (non-hydrogen) atoms. The van der Waals surface area contributed by atoms with Gasteiger partial charge in [-0.2, -0.15) is 0 Å². The maximum absolute atomic E-state index is 12.3. The van der Waals surface area contributed by atoms with Crippen molar-refractivity contribution in [2.45, 2.75) is 25.8 Å². The summed E-state index contributed by atoms with van der Waals surface area (Å²) in [5.41, 5.74) is 0. The third kappa shape index (κ3) is 3.93. The van der Waals surface area contributed by atoms with Crippen LogP contribution < -0.4 is 10.1 Å². The molecule has 2 heterocycles. The number of benzene rings is 1. The summed E-state index contributed by atoms with van der Waals surface area (Å²) in [7, 11) is 0. The van der Waals surface area contributed by atoms with Crippen LogP contribution >= 0.6 is 0 Å². The number of carbonyl (C=O) groups is 1. The average molecular weight is 315 g/mol. The minimum absolute atomic E-state index is 0.105. The summed E-state index contributed by atoms with van der Waals surface area (Å²) in [6, 6.07) is 12.7. The van der Waals surface area contributed by atoms with Gasteiger partial charge in [0.1, 0.15) is 5.75 Å². The van der Waals surface area contributed by atoms with E-state index in [1.165, 1.54) is 0 Å². The Labute approximate surface area is 135 Å². The molecule has 1 fully saturated rings. The van der Waals surface area contributed by atoms with Crippen LogP contribution in [0.1, 0.15) is 30.3 Å². The fourth-order valence-corrected chi connectivity index (χ4v) is 2.76. The quantitative estimate of drug-likeness (QED) is 0.884. The van der Waals surface area contributed by atoms with Crippen LogP contribution in [0.25, 0.3) is 0 Å². The van der Waals surface area contributed by atoms with Crippen molar-refractivity contribution in [2.75, 3.05) is 13.2 Å². The lowest BCUT2D eigenvalue weighted by Crippen LogP contribution is -2.40. The lowest BCUT2D eigenvalue weighted by atomic mass is 9.97. The second-order valence-corrected chi connectivity index (χ2v) is 5.65. The average Bonchev–Trinajstić information content (AvgIpc) is 3.25. The van der Waals surface area contributed by atoms with Gasteiger partial charge in [0.2, 0.25) is 0 Å². The zero-order chi connectivity index (χ0) is 16.1. The fraction of sp³-hybridized carbons (Fsp3) is 0.389. The molecule has 5 nitrogen and oxygen atoms in total. The summed E-state index contributed by atoms with van der Waals surface area (Å²) in [6.07, 6.45) is 1.85. The highest BCUT2D eigenvalue weighted by atomic mass is 16.6. The van der Waals surface area contributed by atoms with Gasteiger partial charge in [-0.25, -0.2) is 0 Å². The molecule has 122 valence electrons. The van der Waals surface area contributed by atoms with Gasteiger partial charge in [0.15, 0.2) is 5.76 Å². The summed E-state index contributed by atoms with van der Waals surface area (Å²) < 4.78 is 16.5. The Morgan fingerprint density at radius 1 is 1.30 bits per heavy atom. The largest absolute Gasteiger partial charge is 0.426 e. The molecule has 0 saturated carbocycles. The van der Waals surface area contributed by atoms with E-state index in [1.54, 1.807) is 12.1 Å². The number of amides is 1. The molecular formula is C18H21NO4. The molecule has 1 amide bonds. The molecule has 0 radical (unpaired) electrons. The Kier molecular flexibility index (Phi) is 4.98. The summed E-state index contributed by atoms with van der Waals surface area (Å²) >= 11 is 0. The van der Waals surface area contributed by atoms with Crippen molar-refractivity contribution in [3.63, 3.8) is 0 Å². The molecule has 2 atom stereocenters. The van der Waals surface area contributed by atoms with Crippen molar-refractivity contribution in [1.82, 2.24) is 5.32 Å². The highest BCUT2D eigenvalue weighted by Crippen LogP contribution is 2.24. The van der Waals surface area contributed by atoms with E-state index in [9.17, 15) is 4.79 Å². The Bertz CT molecular complexity index is 631. The van der Waals surface area contributed by atoms with Crippen molar-refractivity contribution < 1.29 is 18.7 Å². The van der Waals surface area contributed by atoms with Gasteiger partial charge in [-0.1, -0.05) is 25.1 Å². The number of hydrogen-bond acceptors (Lipinski definition) is 4. The minimum atomic E-state index is -0.216. The van der Waals surface area contributed by atoms with Crippen LogP contribution in [-0.2, 0) is 4.74 Å². The smallest absolute Gasteiger partial charge is 0.290 e. The van der Waals surface area contributed by atoms with Crippen molar-refractivity contribution in [2.24, 2.45) is 5.92 Å². The van der Waals surface area contributed by atoms with Gasteiger partial charge < -0.3 is 19.2 Å². The van der Waals surface area contributed by atoms with E-state index < -0.39 is 0 Å². The Morgan fingerprint density at radius 2 is 2.13 bits per heavy atom. The van der Waals surface area contributed by atoms with E-state index in [0.717, 1.165) is 19.4 Å². The van der Waals surface area contributed by atoms with Crippen molar-refractivity contribution >= 4 is 5.91 Å². The Hall–Kier alpha value is -2.27. The molecule has 2 aromatic rings. The molecule has 1 saturated heterocycles. The maximum Gasteiger partial charge on any atom is 0.290 e. The van der Waals surface area contributed by atoms with Gasteiger partial charge in [0, 0.05) is 24.6 Å². The molecule has 1 aromatic heterocycles. The molecule has 1 aliphatic heterocycles. The SMILES string of the molecule is CC[C@H](NC(=O)c1ccc(Oc2ccccc2)o1)[C@H]1CCOC1. The van der Waals surface area contributed by atoms with Gasteiger partial charge in [-0.15, -0.1) is 0 Å². The first kappa shape index (κ1) is 15.6. The van der Waals surface area contributed by atoms with Gasteiger partial charge in [0.05, 0.1) is 6.61 Å². The first-order valence-corrected chi connectivity index (χ1v) is 7.97. The normalized spacial score (nSPS) is 18.6. The second-order valence-electron chi connectivity index (χ2n) is 5.65. The Morgan fingerprint density at radius 3 is 2.83 bits per heavy atom. The van der Waals surface area contributed by atoms with Crippen LogP contribution in [0, 0.1) is 5.92 Å². The Balaban J connectivity index is 1.61. The van der Waals surface area contributed by atoms with Crippen LogP contribution in [0.4, 0.5) is 0 Å². The first-order valence-electron chi connectivity index (χ1n) is 7.97. The fourth-order valence-electron chi connectivity index (χ4n) is 2.76. The highest BCUT2D eigenvalue weighted by molar-refractivity contribution is 5.91. The molecule has 3 rings (SSSR count). The van der Waals surface area contributed by atoms with Crippen molar-refractivity contribution in [3.8, 4) is 11.7 Å². The number of nitrogens with one attached hydrogen (secondary N) is 1. The summed E-state index contributed by atoms with van der Waals surface area (Å²) in [6.45, 7) is 3.54. The third-order valence-electron chi connectivity index (χ3n) is 4.06. The molecule has 1 aliphatic rings. The van der Waals surface area contributed by atoms with Crippen LogP contribution in [0.5, 0.6) is 11.7 Å². The van der Waals surface area contributed by atoms with Crippen LogP contribution in [-0.4, -0.2) is 25.2 Å². The molecule has 1 N–H and O–H groups in total. The van der Waals surface area contributed by atoms with Crippen LogP contribution in [0.2, 0.25) is 0 Å². The van der Waals surface area contributed by atoms with Crippen LogP contribution in [0.15, 0.2) is 46.9 Å². The molecular weight excluding hydrogens is 294 g/mol. The second kappa shape index (κ2) is 7.33. The van der Waals surface area contributed by atoms with E-state index in [1.807, 2.05) is 30.3 Å². The monoisotopic (exact) mass is 315 g/mol. The van der Waals surface area contributed by atoms with Crippen molar-refractivity contribution in [1.29, 1.82) is 0 Å². The van der Waals surface area contributed by atoms with E-state index in [4.69, 9.17) is 13.9 Å². The molecule has 0 bridgehead atoms. The minimum Gasteiger partial charge on any atom is -0.426 e. The maximum atomic E-state index is 12.3. The lowest BCUT2D eigenvalue weighted by molar-refractivity contribution is 0.0881. The summed E-state index contributed by atoms with van der Waals surface area (Å²) in [5, 5.41) is 3.03. The van der Waals surface area contributed by atoms with E-state index in [2.05, 4.69) is 12.2 Å². The molecule has 1 aromatic carbocycles. The number of rotatable bonds is 6.